The van der Waals surface area contributed by atoms with Crippen LogP contribution in [0.3, 0.4) is 0 Å². The number of hydrogen-bond acceptors (Lipinski definition) is 5. The van der Waals surface area contributed by atoms with Gasteiger partial charge in [-0.3, -0.25) is 4.79 Å². The van der Waals surface area contributed by atoms with Crippen LogP contribution in [0.15, 0.2) is 12.1 Å². The molecule has 0 saturated carbocycles. The summed E-state index contributed by atoms with van der Waals surface area (Å²) in [5.74, 6) is 0.837. The molecule has 3 heterocycles. The summed E-state index contributed by atoms with van der Waals surface area (Å²) in [5, 5.41) is 8.39. The lowest BCUT2D eigenvalue weighted by Gasteiger charge is -2.26. The molecule has 0 bridgehead atoms. The lowest BCUT2D eigenvalue weighted by molar-refractivity contribution is 0.0298. The molecular weight excluding hydrogens is 268 g/mol. The number of morpholine rings is 1. The molecule has 2 fully saturated rings. The number of amides is 1. The van der Waals surface area contributed by atoms with E-state index >= 15 is 0 Å². The second-order valence-electron chi connectivity index (χ2n) is 5.58. The van der Waals surface area contributed by atoms with E-state index in [0.717, 1.165) is 18.9 Å². The topological polar surface area (TPSA) is 58.6 Å². The average Bonchev–Trinajstić information content (AvgIpc) is 2.84. The first-order valence-electron chi connectivity index (χ1n) is 7.80. The maximum atomic E-state index is 12.3. The lowest BCUT2D eigenvalue weighted by atomic mass is 10.2. The van der Waals surface area contributed by atoms with Crippen molar-refractivity contribution in [3.63, 3.8) is 0 Å². The summed E-state index contributed by atoms with van der Waals surface area (Å²) in [6.07, 6.45) is 4.99. The molecule has 1 aromatic heterocycles. The van der Waals surface area contributed by atoms with Crippen molar-refractivity contribution in [3.05, 3.63) is 17.8 Å². The van der Waals surface area contributed by atoms with Gasteiger partial charge in [0.1, 0.15) is 0 Å². The molecule has 2 aliphatic rings. The maximum absolute atomic E-state index is 12.3. The van der Waals surface area contributed by atoms with E-state index in [-0.39, 0.29) is 5.91 Å². The van der Waals surface area contributed by atoms with Gasteiger partial charge in [-0.1, -0.05) is 12.8 Å². The van der Waals surface area contributed by atoms with E-state index in [1.54, 1.807) is 11.0 Å². The minimum Gasteiger partial charge on any atom is -0.378 e. The molecule has 0 aromatic carbocycles. The van der Waals surface area contributed by atoms with Gasteiger partial charge in [0.15, 0.2) is 11.5 Å². The van der Waals surface area contributed by atoms with Gasteiger partial charge in [-0.15, -0.1) is 10.2 Å². The zero-order chi connectivity index (χ0) is 14.5. The Hall–Kier alpha value is -1.69. The van der Waals surface area contributed by atoms with Crippen LogP contribution in [0.2, 0.25) is 0 Å². The van der Waals surface area contributed by atoms with E-state index < -0.39 is 0 Å². The van der Waals surface area contributed by atoms with Crippen LogP contribution < -0.4 is 4.90 Å². The summed E-state index contributed by atoms with van der Waals surface area (Å²) in [6, 6.07) is 3.72. The van der Waals surface area contributed by atoms with Crippen LogP contribution in [0.5, 0.6) is 0 Å². The van der Waals surface area contributed by atoms with E-state index in [4.69, 9.17) is 4.74 Å². The Balaban J connectivity index is 1.66. The van der Waals surface area contributed by atoms with E-state index in [1.165, 1.54) is 25.7 Å². The summed E-state index contributed by atoms with van der Waals surface area (Å²) in [4.78, 5) is 16.3. The number of rotatable bonds is 2. The zero-order valence-electron chi connectivity index (χ0n) is 12.3. The SMILES string of the molecule is O=C(c1ccc(N2CCCCCC2)nn1)N1CCOCC1. The van der Waals surface area contributed by atoms with Crippen molar-refractivity contribution >= 4 is 11.7 Å². The summed E-state index contributed by atoms with van der Waals surface area (Å²) in [7, 11) is 0. The van der Waals surface area contributed by atoms with E-state index in [1.807, 2.05) is 6.07 Å². The quantitative estimate of drug-likeness (QED) is 0.822. The molecule has 6 heteroatoms. The Labute approximate surface area is 125 Å². The van der Waals surface area contributed by atoms with Gasteiger partial charge in [0, 0.05) is 26.2 Å². The third kappa shape index (κ3) is 3.50. The fourth-order valence-electron chi connectivity index (χ4n) is 2.84. The third-order valence-corrected chi connectivity index (χ3v) is 4.10. The fourth-order valence-corrected chi connectivity index (χ4v) is 2.84. The van der Waals surface area contributed by atoms with Crippen molar-refractivity contribution in [3.8, 4) is 0 Å². The van der Waals surface area contributed by atoms with Crippen molar-refractivity contribution in [1.29, 1.82) is 0 Å². The lowest BCUT2D eigenvalue weighted by Crippen LogP contribution is -2.41. The predicted molar refractivity (Wildman–Crippen MR) is 79.4 cm³/mol. The second kappa shape index (κ2) is 6.85. The molecule has 0 atom stereocenters. The monoisotopic (exact) mass is 290 g/mol. The Bertz CT molecular complexity index is 463. The van der Waals surface area contributed by atoms with Crippen molar-refractivity contribution in [2.75, 3.05) is 44.3 Å². The number of aromatic nitrogens is 2. The number of anilines is 1. The molecule has 2 aliphatic heterocycles. The predicted octanol–water partition coefficient (Wildman–Crippen LogP) is 1.33. The van der Waals surface area contributed by atoms with Crippen molar-refractivity contribution in [2.45, 2.75) is 25.7 Å². The molecule has 0 aliphatic carbocycles. The van der Waals surface area contributed by atoms with Crippen LogP contribution in [-0.4, -0.2) is 60.4 Å². The highest BCUT2D eigenvalue weighted by atomic mass is 16.5. The molecule has 0 radical (unpaired) electrons. The molecule has 2 saturated heterocycles. The van der Waals surface area contributed by atoms with Crippen LogP contribution in [0, 0.1) is 0 Å². The number of hydrogen-bond donors (Lipinski definition) is 0. The van der Waals surface area contributed by atoms with E-state index in [2.05, 4.69) is 15.1 Å². The molecule has 0 unspecified atom stereocenters. The van der Waals surface area contributed by atoms with Gasteiger partial charge in [-0.05, 0) is 25.0 Å². The number of ether oxygens (including phenoxy) is 1. The Morgan fingerprint density at radius 2 is 1.67 bits per heavy atom. The van der Waals surface area contributed by atoms with Gasteiger partial charge >= 0.3 is 0 Å². The average molecular weight is 290 g/mol. The highest BCUT2D eigenvalue weighted by molar-refractivity contribution is 5.92. The third-order valence-electron chi connectivity index (χ3n) is 4.10. The Morgan fingerprint density at radius 3 is 2.29 bits per heavy atom. The standard InChI is InChI=1S/C15H22N4O2/c20-15(19-9-11-21-12-10-19)13-5-6-14(17-16-13)18-7-3-1-2-4-8-18/h5-6H,1-4,7-12H2. The molecule has 21 heavy (non-hydrogen) atoms. The number of nitrogens with zero attached hydrogens (tertiary/aromatic N) is 4. The summed E-state index contributed by atoms with van der Waals surface area (Å²) in [5.41, 5.74) is 0.426. The normalized spacial score (nSPS) is 20.2. The first kappa shape index (κ1) is 14.3. The fraction of sp³-hybridized carbons (Fsp3) is 0.667. The number of carbonyl (C=O) groups excluding carboxylic acids is 1. The van der Waals surface area contributed by atoms with Crippen LogP contribution in [-0.2, 0) is 4.74 Å². The number of carbonyl (C=O) groups is 1. The smallest absolute Gasteiger partial charge is 0.274 e. The minimum atomic E-state index is -0.0479. The van der Waals surface area contributed by atoms with Crippen molar-refractivity contribution in [1.82, 2.24) is 15.1 Å². The largest absolute Gasteiger partial charge is 0.378 e. The first-order valence-corrected chi connectivity index (χ1v) is 7.80. The molecule has 114 valence electrons. The highest BCUT2D eigenvalue weighted by Crippen LogP contribution is 2.17. The van der Waals surface area contributed by atoms with Gasteiger partial charge in [0.2, 0.25) is 0 Å². The Morgan fingerprint density at radius 1 is 0.952 bits per heavy atom. The van der Waals surface area contributed by atoms with Crippen molar-refractivity contribution in [2.24, 2.45) is 0 Å². The molecule has 0 N–H and O–H groups in total. The molecule has 1 amide bonds. The first-order chi connectivity index (χ1) is 10.3. The molecule has 6 nitrogen and oxygen atoms in total. The summed E-state index contributed by atoms with van der Waals surface area (Å²) >= 11 is 0. The summed E-state index contributed by atoms with van der Waals surface area (Å²) < 4.78 is 5.26. The van der Waals surface area contributed by atoms with Gasteiger partial charge in [-0.2, -0.15) is 0 Å². The second-order valence-corrected chi connectivity index (χ2v) is 5.58. The molecule has 3 rings (SSSR count). The van der Waals surface area contributed by atoms with E-state index in [0.29, 0.717) is 32.0 Å². The van der Waals surface area contributed by atoms with Crippen LogP contribution in [0.4, 0.5) is 5.82 Å². The molecular formula is C15H22N4O2. The van der Waals surface area contributed by atoms with E-state index in [9.17, 15) is 4.79 Å². The van der Waals surface area contributed by atoms with Gasteiger partial charge in [0.25, 0.3) is 5.91 Å². The van der Waals surface area contributed by atoms with Gasteiger partial charge < -0.3 is 14.5 Å². The highest BCUT2D eigenvalue weighted by Gasteiger charge is 2.20. The summed E-state index contributed by atoms with van der Waals surface area (Å²) in [6.45, 7) is 4.54. The molecule has 1 aromatic rings. The van der Waals surface area contributed by atoms with Crippen LogP contribution in [0.1, 0.15) is 36.2 Å². The van der Waals surface area contributed by atoms with Crippen molar-refractivity contribution < 1.29 is 9.53 Å². The maximum Gasteiger partial charge on any atom is 0.274 e. The Kier molecular flexibility index (Phi) is 4.65. The van der Waals surface area contributed by atoms with Gasteiger partial charge in [0.05, 0.1) is 13.2 Å². The van der Waals surface area contributed by atoms with Gasteiger partial charge in [-0.25, -0.2) is 0 Å². The molecule has 0 spiro atoms. The zero-order valence-corrected chi connectivity index (χ0v) is 12.3. The minimum absolute atomic E-state index is 0.0479. The van der Waals surface area contributed by atoms with Crippen LogP contribution >= 0.6 is 0 Å². The van der Waals surface area contributed by atoms with Crippen LogP contribution in [0.25, 0.3) is 0 Å².